The van der Waals surface area contributed by atoms with Crippen molar-refractivity contribution in [2.45, 2.75) is 35.8 Å². The Morgan fingerprint density at radius 1 is 0.600 bits per heavy atom. The maximum atomic E-state index is 13.5. The van der Waals surface area contributed by atoms with Crippen molar-refractivity contribution in [2.75, 3.05) is 0 Å². The highest BCUT2D eigenvalue weighted by atomic mass is 35.5. The van der Waals surface area contributed by atoms with Crippen molar-refractivity contribution in [3.8, 4) is 0 Å². The van der Waals surface area contributed by atoms with Crippen molar-refractivity contribution >= 4 is 22.9 Å². The molecule has 25 heavy (non-hydrogen) atoms. The van der Waals surface area contributed by atoms with Crippen molar-refractivity contribution in [2.24, 2.45) is 0 Å². The number of hydrogen-bond acceptors (Lipinski definition) is 1. The standard InChI is InChI=1S/C10H2ClF13S/c11-4-2-1-3(25-4)5(12,13)6(14,15)7(16,17)8(18,19)9(20,21)10(22,23)24/h1-2H. The van der Waals surface area contributed by atoms with Gasteiger partial charge in [0, 0.05) is 0 Å². The van der Waals surface area contributed by atoms with Crippen LogP contribution in [0.2, 0.25) is 4.34 Å². The number of halogens is 14. The fraction of sp³-hybridized carbons (Fsp3) is 0.600. The van der Waals surface area contributed by atoms with Gasteiger partial charge in [0.05, 0.1) is 9.21 Å². The summed E-state index contributed by atoms with van der Waals surface area (Å²) in [6, 6.07) is 0.461. The molecule has 15 heteroatoms. The number of hydrogen-bond donors (Lipinski definition) is 0. The van der Waals surface area contributed by atoms with E-state index in [1.807, 2.05) is 0 Å². The molecule has 1 aromatic heterocycles. The van der Waals surface area contributed by atoms with Crippen molar-refractivity contribution in [3.63, 3.8) is 0 Å². The molecule has 0 aromatic carbocycles. The zero-order chi connectivity index (χ0) is 20.3. The van der Waals surface area contributed by atoms with Crippen molar-refractivity contribution < 1.29 is 57.1 Å². The predicted molar refractivity (Wildman–Crippen MR) is 59.1 cm³/mol. The second-order valence-corrected chi connectivity index (χ2v) is 6.19. The number of rotatable bonds is 5. The molecule has 0 nitrogen and oxygen atoms in total. The molecule has 0 amide bonds. The van der Waals surface area contributed by atoms with Crippen LogP contribution in [0.25, 0.3) is 0 Å². The normalized spacial score (nSPS) is 15.6. The molecule has 0 spiro atoms. The van der Waals surface area contributed by atoms with Crippen molar-refractivity contribution in [3.05, 3.63) is 21.3 Å². The van der Waals surface area contributed by atoms with Crippen LogP contribution in [0.15, 0.2) is 12.1 Å². The third kappa shape index (κ3) is 2.94. The Morgan fingerprint density at radius 2 is 1.00 bits per heavy atom. The Bertz CT molecular complexity index is 629. The van der Waals surface area contributed by atoms with E-state index in [1.165, 1.54) is 0 Å². The van der Waals surface area contributed by atoms with E-state index < -0.39 is 56.3 Å². The summed E-state index contributed by atoms with van der Waals surface area (Å²) in [6.07, 6.45) is -7.42. The van der Waals surface area contributed by atoms with E-state index in [9.17, 15) is 57.1 Å². The van der Waals surface area contributed by atoms with Crippen LogP contribution in [0.5, 0.6) is 0 Å². The van der Waals surface area contributed by atoms with Gasteiger partial charge < -0.3 is 0 Å². The first kappa shape index (κ1) is 22.1. The van der Waals surface area contributed by atoms with Crippen LogP contribution in [0.4, 0.5) is 57.1 Å². The summed E-state index contributed by atoms with van der Waals surface area (Å²) in [4.78, 5) is -2.05. The van der Waals surface area contributed by atoms with E-state index in [1.54, 1.807) is 0 Å². The molecular weight excluding hydrogens is 435 g/mol. The molecule has 0 fully saturated rings. The highest BCUT2D eigenvalue weighted by molar-refractivity contribution is 7.16. The maximum Gasteiger partial charge on any atom is 0.460 e. The Kier molecular flexibility index (Phi) is 5.12. The molecule has 0 saturated carbocycles. The number of thiophene rings is 1. The third-order valence-electron chi connectivity index (χ3n) is 2.82. The molecule has 146 valence electrons. The first-order chi connectivity index (χ1) is 10.7. The molecular formula is C10H2ClF13S. The van der Waals surface area contributed by atoms with E-state index in [-0.39, 0.29) is 6.07 Å². The summed E-state index contributed by atoms with van der Waals surface area (Å²) in [5.41, 5.74) is 0. The lowest BCUT2D eigenvalue weighted by Gasteiger charge is -2.39. The molecule has 0 saturated heterocycles. The molecule has 1 aromatic rings. The number of alkyl halides is 13. The minimum atomic E-state index is -7.90. The lowest BCUT2D eigenvalue weighted by atomic mass is 9.93. The SMILES string of the molecule is FC(F)(F)C(F)(F)C(F)(F)C(F)(F)C(F)(F)C(F)(F)c1ccc(Cl)s1. The summed E-state index contributed by atoms with van der Waals surface area (Å²) in [6.45, 7) is 0. The minimum absolute atomic E-state index is 0.00294. The zero-order valence-corrected chi connectivity index (χ0v) is 12.4. The van der Waals surface area contributed by atoms with Gasteiger partial charge in [0.25, 0.3) is 0 Å². The van der Waals surface area contributed by atoms with Gasteiger partial charge in [0.1, 0.15) is 0 Å². The molecule has 0 aliphatic heterocycles. The van der Waals surface area contributed by atoms with Crippen LogP contribution in [-0.2, 0) is 5.92 Å². The predicted octanol–water partition coefficient (Wildman–Crippen LogP) is 6.60. The lowest BCUT2D eigenvalue weighted by Crippen LogP contribution is -2.69. The van der Waals surface area contributed by atoms with Crippen LogP contribution >= 0.6 is 22.9 Å². The smallest absolute Gasteiger partial charge is 0.193 e. The summed E-state index contributed by atoms with van der Waals surface area (Å²) in [7, 11) is 0. The van der Waals surface area contributed by atoms with Gasteiger partial charge in [-0.05, 0) is 12.1 Å². The van der Waals surface area contributed by atoms with Crippen molar-refractivity contribution in [1.82, 2.24) is 0 Å². The molecule has 0 aliphatic rings. The van der Waals surface area contributed by atoms with Gasteiger partial charge >= 0.3 is 35.8 Å². The molecule has 0 atom stereocenters. The lowest BCUT2D eigenvalue weighted by molar-refractivity contribution is -0.441. The van der Waals surface area contributed by atoms with E-state index in [0.717, 1.165) is 0 Å². The summed E-state index contributed by atoms with van der Waals surface area (Å²) in [5.74, 6) is -37.0. The van der Waals surface area contributed by atoms with Crippen LogP contribution in [0, 0.1) is 0 Å². The van der Waals surface area contributed by atoms with Crippen LogP contribution in [-0.4, -0.2) is 29.9 Å². The average Bonchev–Trinajstić information content (AvgIpc) is 2.83. The van der Waals surface area contributed by atoms with E-state index in [4.69, 9.17) is 11.6 Å². The molecule has 0 aliphatic carbocycles. The van der Waals surface area contributed by atoms with E-state index >= 15 is 0 Å². The Balaban J connectivity index is 3.53. The maximum absolute atomic E-state index is 13.5. The van der Waals surface area contributed by atoms with Gasteiger partial charge in [0.2, 0.25) is 0 Å². The van der Waals surface area contributed by atoms with E-state index in [2.05, 4.69) is 0 Å². The second-order valence-electron chi connectivity index (χ2n) is 4.47. The largest absolute Gasteiger partial charge is 0.460 e. The minimum Gasteiger partial charge on any atom is -0.193 e. The third-order valence-corrected chi connectivity index (χ3v) is 4.12. The highest BCUT2D eigenvalue weighted by Crippen LogP contribution is 2.62. The van der Waals surface area contributed by atoms with Gasteiger partial charge in [-0.15, -0.1) is 11.3 Å². The van der Waals surface area contributed by atoms with Crippen LogP contribution in [0.3, 0.4) is 0 Å². The molecule has 0 radical (unpaired) electrons. The summed E-state index contributed by atoms with van der Waals surface area (Å²) < 4.78 is 166. The summed E-state index contributed by atoms with van der Waals surface area (Å²) in [5, 5.41) is 0. The quantitative estimate of drug-likeness (QED) is 0.456. The first-order valence-electron chi connectivity index (χ1n) is 5.46. The van der Waals surface area contributed by atoms with Crippen LogP contribution < -0.4 is 0 Å². The Morgan fingerprint density at radius 3 is 1.32 bits per heavy atom. The Labute approximate surface area is 138 Å². The molecule has 1 rings (SSSR count). The van der Waals surface area contributed by atoms with Crippen molar-refractivity contribution in [1.29, 1.82) is 0 Å². The fourth-order valence-electron chi connectivity index (χ4n) is 1.41. The molecule has 0 unspecified atom stereocenters. The molecule has 0 N–H and O–H groups in total. The monoisotopic (exact) mass is 436 g/mol. The fourth-order valence-corrected chi connectivity index (χ4v) is 2.46. The van der Waals surface area contributed by atoms with Crippen LogP contribution in [0.1, 0.15) is 4.88 Å². The average molecular weight is 437 g/mol. The van der Waals surface area contributed by atoms with Gasteiger partial charge in [-0.1, -0.05) is 11.6 Å². The van der Waals surface area contributed by atoms with Gasteiger partial charge in [0.15, 0.2) is 0 Å². The topological polar surface area (TPSA) is 0 Å². The van der Waals surface area contributed by atoms with Gasteiger partial charge in [-0.3, -0.25) is 0 Å². The van der Waals surface area contributed by atoms with Gasteiger partial charge in [-0.25, -0.2) is 0 Å². The highest BCUT2D eigenvalue weighted by Gasteiger charge is 2.91. The molecule has 1 heterocycles. The summed E-state index contributed by atoms with van der Waals surface area (Å²) >= 11 is 4.60. The van der Waals surface area contributed by atoms with E-state index in [0.29, 0.717) is 6.07 Å². The second kappa shape index (κ2) is 5.79. The first-order valence-corrected chi connectivity index (χ1v) is 6.66. The Hall–Kier alpha value is -0.920. The zero-order valence-electron chi connectivity index (χ0n) is 10.9. The molecule has 0 bridgehead atoms. The van der Waals surface area contributed by atoms with Gasteiger partial charge in [-0.2, -0.15) is 57.1 Å².